The Morgan fingerprint density at radius 1 is 1.39 bits per heavy atom. The van der Waals surface area contributed by atoms with Crippen LogP contribution in [-0.4, -0.2) is 27.6 Å². The zero-order valence-corrected chi connectivity index (χ0v) is 12.0. The Morgan fingerprint density at radius 3 is 2.83 bits per heavy atom. The number of hydrogen-bond donors (Lipinski definition) is 0. The maximum Gasteiger partial charge on any atom is 0.228 e. The van der Waals surface area contributed by atoms with E-state index >= 15 is 0 Å². The van der Waals surface area contributed by atoms with Crippen LogP contribution >= 0.6 is 15.9 Å². The summed E-state index contributed by atoms with van der Waals surface area (Å²) >= 11 is 3.48. The number of aromatic nitrogens is 2. The molecule has 0 spiro atoms. The molecule has 3 rings (SSSR count). The van der Waals surface area contributed by atoms with E-state index < -0.39 is 0 Å². The molecule has 1 aliphatic heterocycles. The quantitative estimate of drug-likeness (QED) is 0.805. The van der Waals surface area contributed by atoms with E-state index in [1.54, 1.807) is 0 Å². The van der Waals surface area contributed by atoms with Gasteiger partial charge in [0, 0.05) is 24.4 Å². The van der Waals surface area contributed by atoms with Gasteiger partial charge in [0.2, 0.25) is 5.91 Å². The Labute approximate surface area is 115 Å². The van der Waals surface area contributed by atoms with Crippen LogP contribution in [0.3, 0.4) is 0 Å². The van der Waals surface area contributed by atoms with Crippen molar-refractivity contribution >= 4 is 27.7 Å². The highest BCUT2D eigenvalue weighted by Crippen LogP contribution is 2.34. The standard InChI is InChI=1S/C13H18BrN3O/c14-8-10-7-13(18)16(9-10)12-5-6-15-17(12)11-3-1-2-4-11/h5-6,10-11H,1-4,7-9H2. The lowest BCUT2D eigenvalue weighted by atomic mass is 10.2. The first-order valence-electron chi connectivity index (χ1n) is 6.69. The molecule has 18 heavy (non-hydrogen) atoms. The monoisotopic (exact) mass is 311 g/mol. The second kappa shape index (κ2) is 5.03. The summed E-state index contributed by atoms with van der Waals surface area (Å²) in [4.78, 5) is 14.0. The first-order chi connectivity index (χ1) is 8.79. The molecular formula is C13H18BrN3O. The Balaban J connectivity index is 1.84. The van der Waals surface area contributed by atoms with E-state index in [0.29, 0.717) is 18.4 Å². The molecular weight excluding hydrogens is 294 g/mol. The third-order valence-corrected chi connectivity index (χ3v) is 4.94. The van der Waals surface area contributed by atoms with Gasteiger partial charge in [-0.15, -0.1) is 0 Å². The molecule has 4 nitrogen and oxygen atoms in total. The number of amides is 1. The summed E-state index contributed by atoms with van der Waals surface area (Å²) in [7, 11) is 0. The first kappa shape index (κ1) is 12.2. The molecule has 1 atom stereocenters. The minimum Gasteiger partial charge on any atom is -0.297 e. The van der Waals surface area contributed by atoms with Crippen LogP contribution in [0.4, 0.5) is 5.82 Å². The molecule has 1 aromatic rings. The summed E-state index contributed by atoms with van der Waals surface area (Å²) < 4.78 is 2.07. The lowest BCUT2D eigenvalue weighted by molar-refractivity contribution is -0.117. The van der Waals surface area contributed by atoms with Gasteiger partial charge in [0.1, 0.15) is 5.82 Å². The predicted molar refractivity (Wildman–Crippen MR) is 74.0 cm³/mol. The van der Waals surface area contributed by atoms with Gasteiger partial charge in [-0.3, -0.25) is 9.69 Å². The molecule has 1 saturated carbocycles. The van der Waals surface area contributed by atoms with E-state index in [-0.39, 0.29) is 5.91 Å². The van der Waals surface area contributed by atoms with Gasteiger partial charge in [0.05, 0.1) is 12.2 Å². The highest BCUT2D eigenvalue weighted by Gasteiger charge is 2.33. The molecule has 0 radical (unpaired) electrons. The van der Waals surface area contributed by atoms with E-state index in [1.807, 2.05) is 17.2 Å². The second-order valence-electron chi connectivity index (χ2n) is 5.30. The molecule has 1 aromatic heterocycles. The average molecular weight is 312 g/mol. The van der Waals surface area contributed by atoms with Crippen molar-refractivity contribution in [3.63, 3.8) is 0 Å². The Morgan fingerprint density at radius 2 is 2.17 bits per heavy atom. The molecule has 0 N–H and O–H groups in total. The van der Waals surface area contributed by atoms with Gasteiger partial charge in [0.15, 0.2) is 0 Å². The van der Waals surface area contributed by atoms with Crippen LogP contribution in [0.1, 0.15) is 38.1 Å². The van der Waals surface area contributed by atoms with Gasteiger partial charge in [-0.05, 0) is 18.8 Å². The van der Waals surface area contributed by atoms with Gasteiger partial charge in [-0.25, -0.2) is 4.68 Å². The smallest absolute Gasteiger partial charge is 0.228 e. The van der Waals surface area contributed by atoms with E-state index in [0.717, 1.165) is 17.7 Å². The van der Waals surface area contributed by atoms with E-state index in [9.17, 15) is 4.79 Å². The normalized spacial score (nSPS) is 25.3. The maximum absolute atomic E-state index is 12.1. The highest BCUT2D eigenvalue weighted by atomic mass is 79.9. The number of halogens is 1. The van der Waals surface area contributed by atoms with Crippen molar-refractivity contribution in [2.24, 2.45) is 5.92 Å². The number of nitrogens with zero attached hydrogens (tertiary/aromatic N) is 3. The van der Waals surface area contributed by atoms with Crippen LogP contribution in [-0.2, 0) is 4.79 Å². The van der Waals surface area contributed by atoms with Crippen molar-refractivity contribution in [1.82, 2.24) is 9.78 Å². The summed E-state index contributed by atoms with van der Waals surface area (Å²) in [5, 5.41) is 5.33. The van der Waals surface area contributed by atoms with E-state index in [1.165, 1.54) is 25.7 Å². The number of hydrogen-bond acceptors (Lipinski definition) is 2. The van der Waals surface area contributed by atoms with Gasteiger partial charge < -0.3 is 0 Å². The van der Waals surface area contributed by atoms with Crippen molar-refractivity contribution in [2.45, 2.75) is 38.1 Å². The molecule has 5 heteroatoms. The number of alkyl halides is 1. The minimum absolute atomic E-state index is 0.235. The summed E-state index contributed by atoms with van der Waals surface area (Å²) in [6.45, 7) is 0.822. The Bertz CT molecular complexity index is 439. The van der Waals surface area contributed by atoms with Crippen molar-refractivity contribution < 1.29 is 4.79 Å². The first-order valence-corrected chi connectivity index (χ1v) is 7.81. The largest absolute Gasteiger partial charge is 0.297 e. The minimum atomic E-state index is 0.235. The SMILES string of the molecule is O=C1CC(CBr)CN1c1ccnn1C1CCCC1. The summed E-state index contributed by atoms with van der Waals surface area (Å²) in [5.74, 6) is 1.67. The lowest BCUT2D eigenvalue weighted by Gasteiger charge is -2.21. The second-order valence-corrected chi connectivity index (χ2v) is 5.95. The van der Waals surface area contributed by atoms with Crippen molar-refractivity contribution in [1.29, 1.82) is 0 Å². The Kier molecular flexibility index (Phi) is 3.41. The fraction of sp³-hybridized carbons (Fsp3) is 0.692. The predicted octanol–water partition coefficient (Wildman–Crippen LogP) is 2.75. The van der Waals surface area contributed by atoms with E-state index in [2.05, 4.69) is 25.7 Å². The van der Waals surface area contributed by atoms with Gasteiger partial charge in [-0.1, -0.05) is 28.8 Å². The summed E-state index contributed by atoms with van der Waals surface area (Å²) in [6.07, 6.45) is 7.42. The molecule has 2 heterocycles. The zero-order chi connectivity index (χ0) is 12.5. The third-order valence-electron chi connectivity index (χ3n) is 4.02. The number of carbonyl (C=O) groups is 1. The molecule has 1 saturated heterocycles. The van der Waals surface area contributed by atoms with Gasteiger partial charge >= 0.3 is 0 Å². The molecule has 0 aromatic carbocycles. The van der Waals surface area contributed by atoms with Gasteiger partial charge in [-0.2, -0.15) is 5.10 Å². The molecule has 2 aliphatic rings. The fourth-order valence-corrected chi connectivity index (χ4v) is 3.49. The molecule has 1 amide bonds. The summed E-state index contributed by atoms with van der Waals surface area (Å²) in [5.41, 5.74) is 0. The molecule has 2 fully saturated rings. The molecule has 0 bridgehead atoms. The maximum atomic E-state index is 12.1. The van der Waals surface area contributed by atoms with Crippen LogP contribution in [0.25, 0.3) is 0 Å². The van der Waals surface area contributed by atoms with Crippen molar-refractivity contribution in [2.75, 3.05) is 16.8 Å². The van der Waals surface area contributed by atoms with Crippen molar-refractivity contribution in [3.8, 4) is 0 Å². The van der Waals surface area contributed by atoms with E-state index in [4.69, 9.17) is 0 Å². The number of rotatable bonds is 3. The average Bonchev–Trinajstić information content (AvgIpc) is 3.07. The number of carbonyl (C=O) groups excluding carboxylic acids is 1. The number of anilines is 1. The zero-order valence-electron chi connectivity index (χ0n) is 10.4. The van der Waals surface area contributed by atoms with Crippen molar-refractivity contribution in [3.05, 3.63) is 12.3 Å². The van der Waals surface area contributed by atoms with Crippen LogP contribution in [0.5, 0.6) is 0 Å². The third kappa shape index (κ3) is 2.09. The Hall–Kier alpha value is -0.840. The van der Waals surface area contributed by atoms with Crippen LogP contribution in [0.15, 0.2) is 12.3 Å². The molecule has 1 aliphatic carbocycles. The topological polar surface area (TPSA) is 38.1 Å². The van der Waals surface area contributed by atoms with Gasteiger partial charge in [0.25, 0.3) is 0 Å². The highest BCUT2D eigenvalue weighted by molar-refractivity contribution is 9.09. The van der Waals surface area contributed by atoms with Crippen LogP contribution in [0, 0.1) is 5.92 Å². The molecule has 1 unspecified atom stereocenters. The lowest BCUT2D eigenvalue weighted by Crippen LogP contribution is -2.28. The van der Waals surface area contributed by atoms with Crippen LogP contribution < -0.4 is 4.90 Å². The fourth-order valence-electron chi connectivity index (χ4n) is 3.06. The van der Waals surface area contributed by atoms with Crippen LogP contribution in [0.2, 0.25) is 0 Å². The summed E-state index contributed by atoms with van der Waals surface area (Å²) in [6, 6.07) is 2.47. The molecule has 98 valence electrons.